The maximum atomic E-state index is 12.8. The van der Waals surface area contributed by atoms with Gasteiger partial charge >= 0.3 is 0 Å². The molecule has 6 nitrogen and oxygen atoms in total. The molecule has 1 N–H and O–H groups in total. The number of hydrogen-bond acceptors (Lipinski definition) is 4. The molecule has 0 saturated carbocycles. The van der Waals surface area contributed by atoms with Crippen LogP contribution in [0.25, 0.3) is 5.69 Å². The van der Waals surface area contributed by atoms with Crippen LogP contribution in [0.1, 0.15) is 18.2 Å². The zero-order chi connectivity index (χ0) is 19.7. The third-order valence-corrected chi connectivity index (χ3v) is 5.83. The normalized spacial score (nSPS) is 16.4. The van der Waals surface area contributed by atoms with Crippen LogP contribution in [0.2, 0.25) is 5.02 Å². The molecule has 144 valence electrons. The first-order valence-electron chi connectivity index (χ1n) is 8.75. The van der Waals surface area contributed by atoms with Crippen molar-refractivity contribution >= 4 is 34.1 Å². The maximum absolute atomic E-state index is 12.8. The van der Waals surface area contributed by atoms with Crippen LogP contribution in [0.5, 0.6) is 5.75 Å². The molecule has 2 heterocycles. The third-order valence-electron chi connectivity index (χ3n) is 4.39. The summed E-state index contributed by atoms with van der Waals surface area (Å²) in [6.07, 6.45) is -0.715. The Labute approximate surface area is 169 Å². The fourth-order valence-corrected chi connectivity index (χ4v) is 4.47. The number of halogens is 1. The number of nitrogens with zero attached hydrogens (tertiary/aromatic N) is 2. The van der Waals surface area contributed by atoms with Crippen molar-refractivity contribution in [1.29, 1.82) is 0 Å². The Kier molecular flexibility index (Phi) is 5.19. The van der Waals surface area contributed by atoms with E-state index < -0.39 is 16.9 Å². The molecule has 0 fully saturated rings. The Hall–Kier alpha value is -2.64. The van der Waals surface area contributed by atoms with Crippen LogP contribution in [-0.4, -0.2) is 26.0 Å². The summed E-state index contributed by atoms with van der Waals surface area (Å²) in [7, 11) is -1.01. The van der Waals surface area contributed by atoms with Crippen LogP contribution in [0.3, 0.4) is 0 Å². The molecule has 3 aromatic rings. The van der Waals surface area contributed by atoms with E-state index in [0.717, 1.165) is 16.9 Å². The van der Waals surface area contributed by atoms with Crippen LogP contribution >= 0.6 is 11.6 Å². The minimum atomic E-state index is -1.01. The maximum Gasteiger partial charge on any atom is 0.266 e. The molecule has 0 spiro atoms. The van der Waals surface area contributed by atoms with Gasteiger partial charge in [-0.15, -0.1) is 0 Å². The Morgan fingerprint density at radius 1 is 1.21 bits per heavy atom. The van der Waals surface area contributed by atoms with E-state index in [1.54, 1.807) is 35.9 Å². The molecule has 0 unspecified atom stereocenters. The lowest BCUT2D eigenvalue weighted by Gasteiger charge is -2.16. The number of hydrogen-bond donors (Lipinski definition) is 1. The van der Waals surface area contributed by atoms with Crippen molar-refractivity contribution in [2.75, 3.05) is 5.32 Å². The van der Waals surface area contributed by atoms with E-state index in [2.05, 4.69) is 10.4 Å². The number of para-hydroxylation sites is 1. The first kappa shape index (κ1) is 18.7. The van der Waals surface area contributed by atoms with Gasteiger partial charge in [0, 0.05) is 21.4 Å². The van der Waals surface area contributed by atoms with Gasteiger partial charge in [0.15, 0.2) is 6.10 Å². The lowest BCUT2D eigenvalue weighted by molar-refractivity contribution is -0.122. The molecule has 1 amide bonds. The smallest absolute Gasteiger partial charge is 0.266 e. The van der Waals surface area contributed by atoms with Crippen molar-refractivity contribution in [3.05, 3.63) is 70.9 Å². The molecule has 2 atom stereocenters. The van der Waals surface area contributed by atoms with Crippen LogP contribution in [0, 0.1) is 0 Å². The molecule has 0 bridgehead atoms. The Bertz CT molecular complexity index is 1050. The van der Waals surface area contributed by atoms with Crippen molar-refractivity contribution in [2.45, 2.75) is 24.5 Å². The number of ether oxygens (including phenoxy) is 1. The number of benzene rings is 2. The highest BCUT2D eigenvalue weighted by Crippen LogP contribution is 2.32. The standard InChI is InChI=1S/C20H18ClN3O3S/c1-13(27-16-8-3-2-4-9-16)20(25)22-19-17-11-28(26)12-18(17)23-24(19)15-7-5-6-14(21)10-15/h2-10,13H,11-12H2,1H3,(H,22,25)/t13-,28+/m0/s1. The van der Waals surface area contributed by atoms with E-state index in [4.69, 9.17) is 16.3 Å². The molecule has 0 saturated heterocycles. The van der Waals surface area contributed by atoms with E-state index >= 15 is 0 Å². The van der Waals surface area contributed by atoms with Gasteiger partial charge in [-0.1, -0.05) is 35.9 Å². The van der Waals surface area contributed by atoms with Crippen molar-refractivity contribution in [2.24, 2.45) is 0 Å². The van der Waals surface area contributed by atoms with E-state index in [1.807, 2.05) is 30.3 Å². The van der Waals surface area contributed by atoms with Gasteiger partial charge in [-0.2, -0.15) is 5.10 Å². The summed E-state index contributed by atoms with van der Waals surface area (Å²) < 4.78 is 19.3. The second kappa shape index (κ2) is 7.77. The number of carbonyl (C=O) groups excluding carboxylic acids is 1. The lowest BCUT2D eigenvalue weighted by Crippen LogP contribution is -2.31. The molecule has 4 rings (SSSR count). The molecular formula is C20H18ClN3O3S. The summed E-state index contributed by atoms with van der Waals surface area (Å²) in [4.78, 5) is 12.8. The average molecular weight is 416 g/mol. The minimum absolute atomic E-state index is 0.312. The van der Waals surface area contributed by atoms with Crippen LogP contribution < -0.4 is 10.1 Å². The Balaban J connectivity index is 1.63. The van der Waals surface area contributed by atoms with Gasteiger partial charge in [0.2, 0.25) is 0 Å². The zero-order valence-electron chi connectivity index (χ0n) is 15.1. The molecule has 1 aliphatic heterocycles. The lowest BCUT2D eigenvalue weighted by atomic mass is 10.2. The zero-order valence-corrected chi connectivity index (χ0v) is 16.7. The molecule has 0 aliphatic carbocycles. The third kappa shape index (κ3) is 3.81. The molecular weight excluding hydrogens is 398 g/mol. The summed E-state index contributed by atoms with van der Waals surface area (Å²) >= 11 is 6.11. The quantitative estimate of drug-likeness (QED) is 0.689. The number of carbonyl (C=O) groups is 1. The minimum Gasteiger partial charge on any atom is -0.481 e. The fraction of sp³-hybridized carbons (Fsp3) is 0.200. The number of rotatable bonds is 5. The molecule has 8 heteroatoms. The monoisotopic (exact) mass is 415 g/mol. The predicted molar refractivity (Wildman–Crippen MR) is 109 cm³/mol. The number of aromatic nitrogens is 2. The van der Waals surface area contributed by atoms with E-state index in [1.165, 1.54) is 0 Å². The average Bonchev–Trinajstić information content (AvgIpc) is 3.19. The highest BCUT2D eigenvalue weighted by atomic mass is 35.5. The first-order chi connectivity index (χ1) is 13.5. The van der Waals surface area contributed by atoms with Crippen LogP contribution in [0.4, 0.5) is 5.82 Å². The van der Waals surface area contributed by atoms with Gasteiger partial charge in [0.05, 0.1) is 22.9 Å². The van der Waals surface area contributed by atoms with Gasteiger partial charge in [0.25, 0.3) is 5.91 Å². The Morgan fingerprint density at radius 2 is 2.00 bits per heavy atom. The van der Waals surface area contributed by atoms with Gasteiger partial charge in [-0.3, -0.25) is 9.00 Å². The second-order valence-electron chi connectivity index (χ2n) is 6.46. The van der Waals surface area contributed by atoms with Crippen LogP contribution in [0.15, 0.2) is 54.6 Å². The van der Waals surface area contributed by atoms with Crippen molar-refractivity contribution in [3.63, 3.8) is 0 Å². The second-order valence-corrected chi connectivity index (χ2v) is 8.35. The van der Waals surface area contributed by atoms with Crippen molar-refractivity contribution in [1.82, 2.24) is 9.78 Å². The summed E-state index contributed by atoms with van der Waals surface area (Å²) in [5.74, 6) is 1.55. The molecule has 1 aromatic heterocycles. The topological polar surface area (TPSA) is 73.2 Å². The number of nitrogens with one attached hydrogen (secondary N) is 1. The van der Waals surface area contributed by atoms with E-state index in [-0.39, 0.29) is 5.91 Å². The van der Waals surface area contributed by atoms with Gasteiger partial charge < -0.3 is 10.1 Å². The van der Waals surface area contributed by atoms with E-state index in [9.17, 15) is 9.00 Å². The highest BCUT2D eigenvalue weighted by Gasteiger charge is 2.29. The summed E-state index contributed by atoms with van der Waals surface area (Å²) in [5, 5.41) is 8.03. The number of anilines is 1. The molecule has 28 heavy (non-hydrogen) atoms. The molecule has 1 aliphatic rings. The fourth-order valence-electron chi connectivity index (χ4n) is 3.03. The summed E-state index contributed by atoms with van der Waals surface area (Å²) in [5.41, 5.74) is 2.24. The number of fused-ring (bicyclic) bond motifs is 1. The first-order valence-corrected chi connectivity index (χ1v) is 10.6. The van der Waals surface area contributed by atoms with Crippen molar-refractivity contribution < 1.29 is 13.7 Å². The highest BCUT2D eigenvalue weighted by molar-refractivity contribution is 7.83. The van der Waals surface area contributed by atoms with Gasteiger partial charge in [-0.05, 0) is 37.3 Å². The number of amides is 1. The molecule has 0 radical (unpaired) electrons. The van der Waals surface area contributed by atoms with E-state index in [0.29, 0.717) is 28.1 Å². The van der Waals surface area contributed by atoms with Crippen LogP contribution in [-0.2, 0) is 27.1 Å². The summed E-state index contributed by atoms with van der Waals surface area (Å²) in [6.45, 7) is 1.68. The predicted octanol–water partition coefficient (Wildman–Crippen LogP) is 3.69. The molecule has 2 aromatic carbocycles. The SMILES string of the molecule is C[C@H](Oc1ccccc1)C(=O)Nc1c2c(nn1-c1cccc(Cl)c1)C[S@](=O)C2. The van der Waals surface area contributed by atoms with Gasteiger partial charge in [-0.25, -0.2) is 4.68 Å². The summed E-state index contributed by atoms with van der Waals surface area (Å²) in [6, 6.07) is 16.4. The largest absolute Gasteiger partial charge is 0.481 e. The van der Waals surface area contributed by atoms with Crippen molar-refractivity contribution in [3.8, 4) is 11.4 Å². The van der Waals surface area contributed by atoms with Gasteiger partial charge in [0.1, 0.15) is 11.6 Å². The Morgan fingerprint density at radius 3 is 2.75 bits per heavy atom.